The fraction of sp³-hybridized carbons (Fsp3) is 0.368. The van der Waals surface area contributed by atoms with E-state index in [1.807, 2.05) is 36.2 Å². The Morgan fingerprint density at radius 1 is 1.36 bits per heavy atom. The SMILES string of the molecule is COc1ccc2[nH]cc(C(=O)N3CCCCC3c3[nH]ncc3C)c2c1. The lowest BCUT2D eigenvalue weighted by molar-refractivity contribution is 0.0607. The summed E-state index contributed by atoms with van der Waals surface area (Å²) >= 11 is 0. The molecule has 2 aromatic heterocycles. The Morgan fingerprint density at radius 2 is 2.24 bits per heavy atom. The van der Waals surface area contributed by atoms with Crippen LogP contribution in [0.1, 0.15) is 46.9 Å². The Morgan fingerprint density at radius 3 is 3.00 bits per heavy atom. The number of aromatic nitrogens is 3. The molecular formula is C19H22N4O2. The maximum atomic E-state index is 13.3. The number of carbonyl (C=O) groups excluding carboxylic acids is 1. The molecule has 1 aromatic carbocycles. The number of H-pyrrole nitrogens is 2. The van der Waals surface area contributed by atoms with Crippen LogP contribution in [0.3, 0.4) is 0 Å². The van der Waals surface area contributed by atoms with Gasteiger partial charge in [-0.15, -0.1) is 0 Å². The second-order valence-corrected chi connectivity index (χ2v) is 6.59. The first-order chi connectivity index (χ1) is 12.2. The highest BCUT2D eigenvalue weighted by Crippen LogP contribution is 2.34. The number of carbonyl (C=O) groups is 1. The number of fused-ring (bicyclic) bond motifs is 1. The van der Waals surface area contributed by atoms with Crippen molar-refractivity contribution in [2.24, 2.45) is 0 Å². The molecule has 1 aliphatic rings. The van der Waals surface area contributed by atoms with E-state index in [4.69, 9.17) is 4.74 Å². The molecule has 6 nitrogen and oxygen atoms in total. The molecule has 6 heteroatoms. The minimum Gasteiger partial charge on any atom is -0.497 e. The van der Waals surface area contributed by atoms with Crippen molar-refractivity contribution >= 4 is 16.8 Å². The van der Waals surface area contributed by atoms with Crippen molar-refractivity contribution in [3.8, 4) is 5.75 Å². The number of hydrogen-bond acceptors (Lipinski definition) is 3. The van der Waals surface area contributed by atoms with Gasteiger partial charge in [0.15, 0.2) is 0 Å². The molecule has 1 aliphatic heterocycles. The largest absolute Gasteiger partial charge is 0.497 e. The van der Waals surface area contributed by atoms with Gasteiger partial charge in [0, 0.05) is 23.6 Å². The van der Waals surface area contributed by atoms with Crippen LogP contribution < -0.4 is 4.74 Å². The average molecular weight is 338 g/mol. The summed E-state index contributed by atoms with van der Waals surface area (Å²) in [6.07, 6.45) is 6.73. The monoisotopic (exact) mass is 338 g/mol. The minimum atomic E-state index is 0.0539. The fourth-order valence-electron chi connectivity index (χ4n) is 3.73. The Bertz CT molecular complexity index is 911. The summed E-state index contributed by atoms with van der Waals surface area (Å²) < 4.78 is 5.32. The lowest BCUT2D eigenvalue weighted by atomic mass is 9.96. The third-order valence-corrected chi connectivity index (χ3v) is 5.08. The normalized spacial score (nSPS) is 17.8. The number of benzene rings is 1. The number of nitrogens with zero attached hydrogens (tertiary/aromatic N) is 2. The zero-order chi connectivity index (χ0) is 17.4. The standard InChI is InChI=1S/C19H22N4O2/c1-12-10-21-22-18(12)17-5-3-4-8-23(17)19(24)15-11-20-16-7-6-13(25-2)9-14(15)16/h6-7,9-11,17,20H,3-5,8H2,1-2H3,(H,21,22). The highest BCUT2D eigenvalue weighted by atomic mass is 16.5. The van der Waals surface area contributed by atoms with Gasteiger partial charge < -0.3 is 14.6 Å². The summed E-state index contributed by atoms with van der Waals surface area (Å²) in [4.78, 5) is 18.5. The van der Waals surface area contributed by atoms with Crippen LogP contribution in [-0.2, 0) is 0 Å². The van der Waals surface area contributed by atoms with E-state index in [0.29, 0.717) is 5.56 Å². The predicted octanol–water partition coefficient (Wildman–Crippen LogP) is 3.58. The number of hydrogen-bond donors (Lipinski definition) is 2. The zero-order valence-electron chi connectivity index (χ0n) is 14.5. The van der Waals surface area contributed by atoms with Crippen molar-refractivity contribution in [2.45, 2.75) is 32.2 Å². The number of amides is 1. The molecule has 1 unspecified atom stereocenters. The van der Waals surface area contributed by atoms with E-state index in [2.05, 4.69) is 15.2 Å². The highest BCUT2D eigenvalue weighted by molar-refractivity contribution is 6.07. The number of methoxy groups -OCH3 is 1. The molecule has 3 heterocycles. The summed E-state index contributed by atoms with van der Waals surface area (Å²) in [6, 6.07) is 5.81. The van der Waals surface area contributed by atoms with Crippen molar-refractivity contribution in [1.29, 1.82) is 0 Å². The van der Waals surface area contributed by atoms with Gasteiger partial charge in [-0.2, -0.15) is 5.10 Å². The Kier molecular flexibility index (Phi) is 3.95. The van der Waals surface area contributed by atoms with Gasteiger partial charge in [0.25, 0.3) is 5.91 Å². The summed E-state index contributed by atoms with van der Waals surface area (Å²) in [7, 11) is 1.64. The number of aryl methyl sites for hydroxylation is 1. The second-order valence-electron chi connectivity index (χ2n) is 6.59. The molecular weight excluding hydrogens is 316 g/mol. The van der Waals surface area contributed by atoms with Crippen LogP contribution >= 0.6 is 0 Å². The number of ether oxygens (including phenoxy) is 1. The van der Waals surface area contributed by atoms with Gasteiger partial charge in [0.2, 0.25) is 0 Å². The van der Waals surface area contributed by atoms with E-state index >= 15 is 0 Å². The van der Waals surface area contributed by atoms with Crippen LogP contribution in [0.4, 0.5) is 0 Å². The number of nitrogens with one attached hydrogen (secondary N) is 2. The van der Waals surface area contributed by atoms with E-state index in [9.17, 15) is 4.79 Å². The summed E-state index contributed by atoms with van der Waals surface area (Å²) in [5, 5.41) is 8.13. The van der Waals surface area contributed by atoms with E-state index < -0.39 is 0 Å². The maximum Gasteiger partial charge on any atom is 0.256 e. The van der Waals surface area contributed by atoms with Crippen molar-refractivity contribution in [3.05, 3.63) is 47.4 Å². The van der Waals surface area contributed by atoms with E-state index in [1.165, 1.54) is 0 Å². The average Bonchev–Trinajstić information content (AvgIpc) is 3.26. The molecule has 25 heavy (non-hydrogen) atoms. The molecule has 4 rings (SSSR count). The Balaban J connectivity index is 1.72. The molecule has 3 aromatic rings. The van der Waals surface area contributed by atoms with Crippen LogP contribution in [0.5, 0.6) is 5.75 Å². The first kappa shape index (κ1) is 15.7. The van der Waals surface area contributed by atoms with E-state index in [0.717, 1.165) is 53.7 Å². The Hall–Kier alpha value is -2.76. The van der Waals surface area contributed by atoms with Crippen LogP contribution in [-0.4, -0.2) is 39.6 Å². The lowest BCUT2D eigenvalue weighted by Crippen LogP contribution is -2.38. The van der Waals surface area contributed by atoms with Gasteiger partial charge in [0.1, 0.15) is 5.75 Å². The van der Waals surface area contributed by atoms with Gasteiger partial charge >= 0.3 is 0 Å². The number of aromatic amines is 2. The van der Waals surface area contributed by atoms with Gasteiger partial charge in [-0.05, 0) is 49.9 Å². The second kappa shape index (κ2) is 6.27. The maximum absolute atomic E-state index is 13.3. The van der Waals surface area contributed by atoms with Gasteiger partial charge in [0.05, 0.1) is 30.6 Å². The molecule has 0 saturated carbocycles. The molecule has 0 bridgehead atoms. The van der Waals surface area contributed by atoms with Crippen molar-refractivity contribution in [1.82, 2.24) is 20.1 Å². The molecule has 2 N–H and O–H groups in total. The number of likely N-dealkylation sites (tertiary alicyclic amines) is 1. The molecule has 0 aliphatic carbocycles. The number of rotatable bonds is 3. The zero-order valence-corrected chi connectivity index (χ0v) is 14.5. The molecule has 1 atom stereocenters. The van der Waals surface area contributed by atoms with Gasteiger partial charge in [-0.25, -0.2) is 0 Å². The summed E-state index contributed by atoms with van der Waals surface area (Å²) in [6.45, 7) is 2.80. The van der Waals surface area contributed by atoms with Crippen LogP contribution in [0.25, 0.3) is 10.9 Å². The van der Waals surface area contributed by atoms with Gasteiger partial charge in [-0.3, -0.25) is 9.89 Å². The minimum absolute atomic E-state index is 0.0539. The van der Waals surface area contributed by atoms with Crippen molar-refractivity contribution in [3.63, 3.8) is 0 Å². The third-order valence-electron chi connectivity index (χ3n) is 5.08. The molecule has 1 amide bonds. The first-order valence-electron chi connectivity index (χ1n) is 8.65. The van der Waals surface area contributed by atoms with Crippen LogP contribution in [0.15, 0.2) is 30.6 Å². The van der Waals surface area contributed by atoms with Crippen LogP contribution in [0.2, 0.25) is 0 Å². The molecule has 0 radical (unpaired) electrons. The highest BCUT2D eigenvalue weighted by Gasteiger charge is 2.31. The molecule has 0 spiro atoms. The third kappa shape index (κ3) is 2.67. The lowest BCUT2D eigenvalue weighted by Gasteiger charge is -2.35. The smallest absolute Gasteiger partial charge is 0.256 e. The quantitative estimate of drug-likeness (QED) is 0.766. The topological polar surface area (TPSA) is 74.0 Å². The molecule has 130 valence electrons. The number of piperidine rings is 1. The van der Waals surface area contributed by atoms with Crippen LogP contribution in [0, 0.1) is 6.92 Å². The summed E-state index contributed by atoms with van der Waals surface area (Å²) in [5.41, 5.74) is 3.78. The molecule has 1 fully saturated rings. The Labute approximate surface area is 146 Å². The first-order valence-corrected chi connectivity index (χ1v) is 8.65. The predicted molar refractivity (Wildman–Crippen MR) is 95.8 cm³/mol. The molecule has 1 saturated heterocycles. The van der Waals surface area contributed by atoms with E-state index in [1.54, 1.807) is 13.3 Å². The fourth-order valence-corrected chi connectivity index (χ4v) is 3.73. The van der Waals surface area contributed by atoms with E-state index in [-0.39, 0.29) is 11.9 Å². The van der Waals surface area contributed by atoms with Crippen molar-refractivity contribution < 1.29 is 9.53 Å². The summed E-state index contributed by atoms with van der Waals surface area (Å²) in [5.74, 6) is 0.805. The van der Waals surface area contributed by atoms with Gasteiger partial charge in [-0.1, -0.05) is 0 Å². The van der Waals surface area contributed by atoms with Crippen molar-refractivity contribution in [2.75, 3.05) is 13.7 Å².